The lowest BCUT2D eigenvalue weighted by molar-refractivity contribution is -0.126. The molecule has 3 aromatic rings. The van der Waals surface area contributed by atoms with E-state index in [1.165, 1.54) is 0 Å². The van der Waals surface area contributed by atoms with Crippen molar-refractivity contribution in [1.29, 1.82) is 0 Å². The van der Waals surface area contributed by atoms with E-state index in [2.05, 4.69) is 45.2 Å². The number of hydrogen-bond acceptors (Lipinski definition) is 4. The molecule has 2 aromatic carbocycles. The number of nitrogens with zero attached hydrogens (tertiary/aromatic N) is 1. The normalized spacial score (nSPS) is 15.6. The van der Waals surface area contributed by atoms with Crippen LogP contribution >= 0.6 is 0 Å². The van der Waals surface area contributed by atoms with E-state index in [1.807, 2.05) is 42.5 Å². The Morgan fingerprint density at radius 1 is 1.00 bits per heavy atom. The topological polar surface area (TPSA) is 83.1 Å². The fourth-order valence-corrected chi connectivity index (χ4v) is 3.92. The van der Waals surface area contributed by atoms with Crippen LogP contribution in [0.25, 0.3) is 11.1 Å². The predicted molar refractivity (Wildman–Crippen MR) is 126 cm³/mol. The van der Waals surface area contributed by atoms with Crippen molar-refractivity contribution in [3.05, 3.63) is 84.1 Å². The summed E-state index contributed by atoms with van der Waals surface area (Å²) in [6.45, 7) is 1.89. The molecule has 1 saturated heterocycles. The summed E-state index contributed by atoms with van der Waals surface area (Å²) in [7, 11) is 0. The molecule has 1 fully saturated rings. The number of pyridine rings is 1. The maximum absolute atomic E-state index is 12.6. The van der Waals surface area contributed by atoms with Crippen molar-refractivity contribution < 1.29 is 9.59 Å². The van der Waals surface area contributed by atoms with Crippen LogP contribution < -0.4 is 16.0 Å². The highest BCUT2D eigenvalue weighted by Gasteiger charge is 2.21. The monoisotopic (exact) mass is 428 g/mol. The van der Waals surface area contributed by atoms with E-state index in [0.29, 0.717) is 18.7 Å². The minimum absolute atomic E-state index is 0.0637. The second-order valence-corrected chi connectivity index (χ2v) is 8.01. The highest BCUT2D eigenvalue weighted by Crippen LogP contribution is 2.23. The SMILES string of the molecule is O=C(NCCNc1ccccn1)c1cccc(-c2ccc(CC3CCCNC3=O)cc2)c1. The van der Waals surface area contributed by atoms with E-state index >= 15 is 0 Å². The zero-order valence-corrected chi connectivity index (χ0v) is 18.0. The van der Waals surface area contributed by atoms with Crippen LogP contribution in [0.3, 0.4) is 0 Å². The van der Waals surface area contributed by atoms with Crippen LogP contribution in [0.4, 0.5) is 5.82 Å². The molecular formula is C26H28N4O2. The summed E-state index contributed by atoms with van der Waals surface area (Å²) in [6.07, 6.45) is 4.48. The summed E-state index contributed by atoms with van der Waals surface area (Å²) in [5, 5.41) is 9.06. The lowest BCUT2D eigenvalue weighted by atomic mass is 9.91. The molecule has 2 heterocycles. The highest BCUT2D eigenvalue weighted by atomic mass is 16.2. The van der Waals surface area contributed by atoms with E-state index in [0.717, 1.165) is 48.3 Å². The Balaban J connectivity index is 1.32. The third-order valence-electron chi connectivity index (χ3n) is 5.68. The van der Waals surface area contributed by atoms with Crippen LogP contribution in [-0.2, 0) is 11.2 Å². The van der Waals surface area contributed by atoms with Crippen molar-refractivity contribution in [2.24, 2.45) is 5.92 Å². The number of rotatable bonds is 8. The maximum atomic E-state index is 12.6. The summed E-state index contributed by atoms with van der Waals surface area (Å²) < 4.78 is 0. The Labute approximate surface area is 188 Å². The lowest BCUT2D eigenvalue weighted by Gasteiger charge is -2.21. The molecule has 1 atom stereocenters. The molecule has 1 aliphatic heterocycles. The van der Waals surface area contributed by atoms with Gasteiger partial charge in [0.2, 0.25) is 5.91 Å². The van der Waals surface area contributed by atoms with Crippen molar-refractivity contribution >= 4 is 17.6 Å². The zero-order valence-electron chi connectivity index (χ0n) is 18.0. The van der Waals surface area contributed by atoms with Crippen molar-refractivity contribution in [3.8, 4) is 11.1 Å². The molecule has 0 radical (unpaired) electrons. The van der Waals surface area contributed by atoms with Gasteiger partial charge in [0.05, 0.1) is 0 Å². The van der Waals surface area contributed by atoms with Crippen LogP contribution in [0.5, 0.6) is 0 Å². The molecule has 0 bridgehead atoms. The van der Waals surface area contributed by atoms with E-state index < -0.39 is 0 Å². The highest BCUT2D eigenvalue weighted by molar-refractivity contribution is 5.95. The first-order valence-electron chi connectivity index (χ1n) is 11.1. The average Bonchev–Trinajstić information content (AvgIpc) is 2.84. The van der Waals surface area contributed by atoms with Gasteiger partial charge in [-0.1, -0.05) is 42.5 Å². The number of piperidine rings is 1. The van der Waals surface area contributed by atoms with Crippen LogP contribution in [0.1, 0.15) is 28.8 Å². The average molecular weight is 429 g/mol. The first-order chi connectivity index (χ1) is 15.7. The quantitative estimate of drug-likeness (QED) is 0.478. The number of hydrogen-bond donors (Lipinski definition) is 3. The lowest BCUT2D eigenvalue weighted by Crippen LogP contribution is -2.37. The van der Waals surface area contributed by atoms with Crippen LogP contribution in [0.2, 0.25) is 0 Å². The second kappa shape index (κ2) is 10.6. The molecule has 2 amide bonds. The summed E-state index contributed by atoms with van der Waals surface area (Å²) in [4.78, 5) is 28.7. The molecule has 0 saturated carbocycles. The molecule has 32 heavy (non-hydrogen) atoms. The molecule has 0 aliphatic carbocycles. The molecule has 164 valence electrons. The van der Waals surface area contributed by atoms with Gasteiger partial charge in [0, 0.05) is 37.3 Å². The van der Waals surface area contributed by atoms with Gasteiger partial charge in [-0.3, -0.25) is 9.59 Å². The van der Waals surface area contributed by atoms with E-state index in [9.17, 15) is 9.59 Å². The standard InChI is InChI=1S/C26H28N4O2/c31-25-22(7-4-14-29-25)17-19-9-11-20(12-10-19)21-5-3-6-23(18-21)26(32)30-16-15-28-24-8-1-2-13-27-24/h1-3,5-6,8-13,18,22H,4,7,14-17H2,(H,27,28)(H,29,31)(H,30,32). The van der Waals surface area contributed by atoms with E-state index in [4.69, 9.17) is 0 Å². The van der Waals surface area contributed by atoms with Gasteiger partial charge in [-0.05, 0) is 60.2 Å². The molecule has 6 heteroatoms. The fraction of sp³-hybridized carbons (Fsp3) is 0.269. The minimum atomic E-state index is -0.102. The van der Waals surface area contributed by atoms with E-state index in [1.54, 1.807) is 6.20 Å². The number of anilines is 1. The Morgan fingerprint density at radius 3 is 2.66 bits per heavy atom. The third kappa shape index (κ3) is 5.72. The van der Waals surface area contributed by atoms with E-state index in [-0.39, 0.29) is 17.7 Å². The molecular weight excluding hydrogens is 400 g/mol. The number of carbonyl (C=O) groups excluding carboxylic acids is 2. The van der Waals surface area contributed by atoms with Crippen molar-refractivity contribution in [2.45, 2.75) is 19.3 Å². The van der Waals surface area contributed by atoms with Crippen molar-refractivity contribution in [2.75, 3.05) is 25.0 Å². The number of amides is 2. The molecule has 1 aliphatic rings. The summed E-state index contributed by atoms with van der Waals surface area (Å²) >= 11 is 0. The maximum Gasteiger partial charge on any atom is 0.251 e. The van der Waals surface area contributed by atoms with Gasteiger partial charge in [0.25, 0.3) is 5.91 Å². The summed E-state index contributed by atoms with van der Waals surface area (Å²) in [5.74, 6) is 0.911. The third-order valence-corrected chi connectivity index (χ3v) is 5.68. The first kappa shape index (κ1) is 21.6. The van der Waals surface area contributed by atoms with Crippen LogP contribution in [0.15, 0.2) is 72.9 Å². The molecule has 4 rings (SSSR count). The minimum Gasteiger partial charge on any atom is -0.368 e. The van der Waals surface area contributed by atoms with Gasteiger partial charge in [0.1, 0.15) is 5.82 Å². The zero-order chi connectivity index (χ0) is 22.2. The predicted octanol–water partition coefficient (Wildman–Crippen LogP) is 3.66. The number of carbonyl (C=O) groups is 2. The van der Waals surface area contributed by atoms with Crippen LogP contribution in [0, 0.1) is 5.92 Å². The largest absolute Gasteiger partial charge is 0.368 e. The van der Waals surface area contributed by atoms with Gasteiger partial charge in [0.15, 0.2) is 0 Å². The van der Waals surface area contributed by atoms with Crippen molar-refractivity contribution in [1.82, 2.24) is 15.6 Å². The second-order valence-electron chi connectivity index (χ2n) is 8.01. The number of aromatic nitrogens is 1. The molecule has 1 aromatic heterocycles. The van der Waals surface area contributed by atoms with Gasteiger partial charge in [-0.25, -0.2) is 4.98 Å². The Morgan fingerprint density at radius 2 is 1.88 bits per heavy atom. The molecule has 6 nitrogen and oxygen atoms in total. The van der Waals surface area contributed by atoms with Gasteiger partial charge < -0.3 is 16.0 Å². The molecule has 1 unspecified atom stereocenters. The molecule has 3 N–H and O–H groups in total. The first-order valence-corrected chi connectivity index (χ1v) is 11.1. The number of benzene rings is 2. The van der Waals surface area contributed by atoms with Crippen LogP contribution in [-0.4, -0.2) is 36.4 Å². The Bertz CT molecular complexity index is 1050. The summed E-state index contributed by atoms with van der Waals surface area (Å²) in [6, 6.07) is 21.6. The Kier molecular flexibility index (Phi) is 7.12. The molecule has 0 spiro atoms. The van der Waals surface area contributed by atoms with Gasteiger partial charge in [-0.2, -0.15) is 0 Å². The Hall–Kier alpha value is -3.67. The number of nitrogens with one attached hydrogen (secondary N) is 3. The smallest absolute Gasteiger partial charge is 0.251 e. The fourth-order valence-electron chi connectivity index (χ4n) is 3.92. The van der Waals surface area contributed by atoms with Gasteiger partial charge in [-0.15, -0.1) is 0 Å². The van der Waals surface area contributed by atoms with Crippen molar-refractivity contribution in [3.63, 3.8) is 0 Å². The summed E-state index contributed by atoms with van der Waals surface area (Å²) in [5.41, 5.74) is 3.83. The van der Waals surface area contributed by atoms with Gasteiger partial charge >= 0.3 is 0 Å².